The number of fused-ring (bicyclic) bond motifs is 1. The van der Waals surface area contributed by atoms with Crippen LogP contribution in [0.4, 0.5) is 11.4 Å². The van der Waals surface area contributed by atoms with Crippen molar-refractivity contribution in [2.75, 3.05) is 5.32 Å². The zero-order chi connectivity index (χ0) is 20.5. The lowest BCUT2D eigenvalue weighted by atomic mass is 10.1. The molecule has 4 rings (SSSR count). The summed E-state index contributed by atoms with van der Waals surface area (Å²) in [4.78, 5) is 23.8. The number of pyridine rings is 1. The van der Waals surface area contributed by atoms with Gasteiger partial charge in [-0.15, -0.1) is 0 Å². The fraction of sp³-hybridized carbons (Fsp3) is 0.0952. The Labute approximate surface area is 166 Å². The summed E-state index contributed by atoms with van der Waals surface area (Å²) in [5.74, 6) is -0.674. The second-order valence-corrected chi connectivity index (χ2v) is 6.53. The van der Waals surface area contributed by atoms with Gasteiger partial charge in [0.2, 0.25) is 0 Å². The number of rotatable bonds is 5. The molecule has 0 fully saturated rings. The van der Waals surface area contributed by atoms with Gasteiger partial charge in [0.15, 0.2) is 17.1 Å². The molecule has 8 heteroatoms. The number of phenolic OH excluding ortho intramolecular Hbond substituents is 2. The first kappa shape index (κ1) is 18.3. The van der Waals surface area contributed by atoms with Gasteiger partial charge in [-0.1, -0.05) is 25.1 Å². The Morgan fingerprint density at radius 2 is 1.97 bits per heavy atom. The summed E-state index contributed by atoms with van der Waals surface area (Å²) in [7, 11) is 0. The van der Waals surface area contributed by atoms with Gasteiger partial charge in [-0.25, -0.2) is 9.97 Å². The van der Waals surface area contributed by atoms with E-state index in [4.69, 9.17) is 5.73 Å². The molecule has 0 saturated heterocycles. The third kappa shape index (κ3) is 3.31. The number of aromatic amines is 1. The number of primary amides is 1. The number of hydrogen-bond donors (Lipinski definition) is 5. The van der Waals surface area contributed by atoms with Crippen LogP contribution in [-0.2, 0) is 6.42 Å². The average Bonchev–Trinajstić information content (AvgIpc) is 3.15. The average molecular weight is 389 g/mol. The van der Waals surface area contributed by atoms with E-state index < -0.39 is 5.91 Å². The molecule has 0 saturated carbocycles. The number of phenols is 2. The molecule has 0 spiro atoms. The van der Waals surface area contributed by atoms with Crippen molar-refractivity contribution in [3.8, 4) is 22.9 Å². The largest absolute Gasteiger partial charge is 0.504 e. The quantitative estimate of drug-likeness (QED) is 0.332. The van der Waals surface area contributed by atoms with E-state index in [-0.39, 0.29) is 17.1 Å². The minimum absolute atomic E-state index is 0.225. The molecule has 2 aromatic carbocycles. The van der Waals surface area contributed by atoms with E-state index in [9.17, 15) is 15.0 Å². The Kier molecular flexibility index (Phi) is 4.52. The smallest absolute Gasteiger partial charge is 0.252 e. The predicted octanol–water partition coefficient (Wildman–Crippen LogP) is 3.44. The number of nitrogens with zero attached hydrogens (tertiary/aromatic N) is 2. The van der Waals surface area contributed by atoms with Crippen LogP contribution in [-0.4, -0.2) is 31.1 Å². The van der Waals surface area contributed by atoms with E-state index in [1.165, 1.54) is 18.3 Å². The molecule has 29 heavy (non-hydrogen) atoms. The first-order chi connectivity index (χ1) is 14.0. The number of aromatic nitrogens is 3. The van der Waals surface area contributed by atoms with Gasteiger partial charge in [0.1, 0.15) is 11.3 Å². The molecule has 0 aliphatic heterocycles. The standard InChI is InChI=1S/C21H19N5O3/c1-2-11-5-3-4-6-14(11)24-17-13(19(22)29)10-23-21-18(17)25-20(26-21)12-7-8-15(27)16(28)9-12/h3-10,27-28H,2H2,1H3,(H2,22,29)(H2,23,24,25,26). The maximum atomic E-state index is 12.0. The predicted molar refractivity (Wildman–Crippen MR) is 110 cm³/mol. The molecule has 0 atom stereocenters. The maximum absolute atomic E-state index is 12.0. The van der Waals surface area contributed by atoms with Gasteiger partial charge in [-0.3, -0.25) is 4.79 Å². The first-order valence-electron chi connectivity index (χ1n) is 9.03. The highest BCUT2D eigenvalue weighted by Crippen LogP contribution is 2.33. The van der Waals surface area contributed by atoms with Crippen molar-refractivity contribution in [2.45, 2.75) is 13.3 Å². The molecule has 0 aliphatic rings. The van der Waals surface area contributed by atoms with Gasteiger partial charge in [0.25, 0.3) is 5.91 Å². The molecule has 0 unspecified atom stereocenters. The summed E-state index contributed by atoms with van der Waals surface area (Å²) in [5.41, 5.74) is 9.65. The van der Waals surface area contributed by atoms with Crippen LogP contribution in [0.3, 0.4) is 0 Å². The molecule has 4 aromatic rings. The van der Waals surface area contributed by atoms with Gasteiger partial charge in [0, 0.05) is 17.4 Å². The molecular weight excluding hydrogens is 370 g/mol. The summed E-state index contributed by atoms with van der Waals surface area (Å²) in [6, 6.07) is 12.2. The Morgan fingerprint density at radius 1 is 1.17 bits per heavy atom. The van der Waals surface area contributed by atoms with Crippen molar-refractivity contribution in [3.05, 3.63) is 59.8 Å². The fourth-order valence-electron chi connectivity index (χ4n) is 3.17. The van der Waals surface area contributed by atoms with Gasteiger partial charge in [-0.2, -0.15) is 0 Å². The highest BCUT2D eigenvalue weighted by molar-refractivity contribution is 6.06. The number of carbonyl (C=O) groups excluding carboxylic acids is 1. The maximum Gasteiger partial charge on any atom is 0.252 e. The summed E-state index contributed by atoms with van der Waals surface area (Å²) >= 11 is 0. The lowest BCUT2D eigenvalue weighted by molar-refractivity contribution is 0.100. The Hall–Kier alpha value is -4.07. The van der Waals surface area contributed by atoms with Crippen molar-refractivity contribution in [2.24, 2.45) is 5.73 Å². The number of benzene rings is 2. The Balaban J connectivity index is 1.89. The van der Waals surface area contributed by atoms with Crippen LogP contribution in [0.5, 0.6) is 11.5 Å². The number of H-pyrrole nitrogens is 1. The van der Waals surface area contributed by atoms with Crippen LogP contribution in [0.1, 0.15) is 22.8 Å². The van der Waals surface area contributed by atoms with Crippen LogP contribution < -0.4 is 11.1 Å². The molecular formula is C21H19N5O3. The molecule has 0 radical (unpaired) electrons. The fourth-order valence-corrected chi connectivity index (χ4v) is 3.17. The van der Waals surface area contributed by atoms with Gasteiger partial charge < -0.3 is 26.2 Å². The number of carbonyl (C=O) groups is 1. The number of nitrogens with two attached hydrogens (primary N) is 1. The van der Waals surface area contributed by atoms with Crippen molar-refractivity contribution in [1.29, 1.82) is 0 Å². The van der Waals surface area contributed by atoms with Crippen molar-refractivity contribution in [1.82, 2.24) is 15.0 Å². The van der Waals surface area contributed by atoms with Gasteiger partial charge in [0.05, 0.1) is 11.3 Å². The number of hydrogen-bond acceptors (Lipinski definition) is 6. The van der Waals surface area contributed by atoms with E-state index in [0.29, 0.717) is 28.2 Å². The molecule has 1 amide bonds. The number of para-hydroxylation sites is 1. The monoisotopic (exact) mass is 389 g/mol. The van der Waals surface area contributed by atoms with E-state index in [0.717, 1.165) is 17.7 Å². The van der Waals surface area contributed by atoms with Crippen LogP contribution in [0.25, 0.3) is 22.6 Å². The topological polar surface area (TPSA) is 137 Å². The van der Waals surface area contributed by atoms with Crippen LogP contribution >= 0.6 is 0 Å². The van der Waals surface area contributed by atoms with Crippen molar-refractivity contribution < 1.29 is 15.0 Å². The van der Waals surface area contributed by atoms with Crippen molar-refractivity contribution >= 4 is 28.4 Å². The second-order valence-electron chi connectivity index (χ2n) is 6.53. The molecule has 2 aromatic heterocycles. The zero-order valence-corrected chi connectivity index (χ0v) is 15.6. The van der Waals surface area contributed by atoms with E-state index >= 15 is 0 Å². The summed E-state index contributed by atoms with van der Waals surface area (Å²) < 4.78 is 0. The van der Waals surface area contributed by atoms with Gasteiger partial charge in [-0.05, 0) is 36.2 Å². The van der Waals surface area contributed by atoms with Gasteiger partial charge >= 0.3 is 0 Å². The minimum Gasteiger partial charge on any atom is -0.504 e. The molecule has 0 bridgehead atoms. The number of anilines is 2. The highest BCUT2D eigenvalue weighted by Gasteiger charge is 2.18. The zero-order valence-electron chi connectivity index (χ0n) is 15.6. The summed E-state index contributed by atoms with van der Waals surface area (Å²) in [5, 5.41) is 22.6. The number of amides is 1. The molecule has 8 nitrogen and oxygen atoms in total. The normalized spacial score (nSPS) is 10.9. The molecule has 146 valence electrons. The summed E-state index contributed by atoms with van der Waals surface area (Å²) in [6.45, 7) is 2.04. The van der Waals surface area contributed by atoms with E-state index in [1.54, 1.807) is 6.07 Å². The Bertz CT molecular complexity index is 1230. The lowest BCUT2D eigenvalue weighted by Crippen LogP contribution is -2.14. The van der Waals surface area contributed by atoms with Crippen LogP contribution in [0.15, 0.2) is 48.7 Å². The minimum atomic E-state index is -0.616. The highest BCUT2D eigenvalue weighted by atomic mass is 16.3. The van der Waals surface area contributed by atoms with E-state index in [1.807, 2.05) is 31.2 Å². The molecule has 0 aliphatic carbocycles. The molecule has 2 heterocycles. The third-order valence-electron chi connectivity index (χ3n) is 4.69. The summed E-state index contributed by atoms with van der Waals surface area (Å²) in [6.07, 6.45) is 2.20. The van der Waals surface area contributed by atoms with Crippen LogP contribution in [0.2, 0.25) is 0 Å². The first-order valence-corrected chi connectivity index (χ1v) is 9.03. The SMILES string of the molecule is CCc1ccccc1Nc1c(C(N)=O)cnc2nc(-c3ccc(O)c(O)c3)[nH]c12. The molecule has 6 N–H and O–H groups in total. The third-order valence-corrected chi connectivity index (χ3v) is 4.69. The number of nitrogens with one attached hydrogen (secondary N) is 2. The number of imidazole rings is 1. The Morgan fingerprint density at radius 3 is 2.69 bits per heavy atom. The van der Waals surface area contributed by atoms with Crippen LogP contribution in [0, 0.1) is 0 Å². The number of aromatic hydroxyl groups is 2. The lowest BCUT2D eigenvalue weighted by Gasteiger charge is -2.13. The number of aryl methyl sites for hydroxylation is 1. The van der Waals surface area contributed by atoms with Crippen molar-refractivity contribution in [3.63, 3.8) is 0 Å². The second kappa shape index (κ2) is 7.16. The van der Waals surface area contributed by atoms with E-state index in [2.05, 4.69) is 20.3 Å².